The number of carbonyl (C=O) groups is 1. The number of fused-ring (bicyclic) bond motifs is 2. The number of aromatic nitrogens is 4. The minimum absolute atomic E-state index is 0.135. The molecule has 1 amide bonds. The molecule has 11 heteroatoms. The smallest absolute Gasteiger partial charge is 0.319 e. The molecular weight excluding hydrogens is 542 g/mol. The zero-order valence-electron chi connectivity index (χ0n) is 25.1. The molecule has 1 N–H and O–H groups in total. The number of amides is 1. The van der Waals surface area contributed by atoms with Crippen LogP contribution in [0.2, 0.25) is 0 Å². The normalized spacial score (nSPS) is 23.2. The Morgan fingerprint density at radius 1 is 1.23 bits per heavy atom. The lowest BCUT2D eigenvalue weighted by Gasteiger charge is -2.42. The molecule has 4 aliphatic rings. The van der Waals surface area contributed by atoms with E-state index in [0.717, 1.165) is 66.8 Å². The third-order valence-electron chi connectivity index (χ3n) is 9.87. The van der Waals surface area contributed by atoms with Crippen LogP contribution in [0.3, 0.4) is 0 Å². The maximum Gasteiger partial charge on any atom is 0.319 e. The number of hydrogen-bond donors (Lipinski definition) is 1. The molecule has 0 unspecified atom stereocenters. The maximum atomic E-state index is 12.6. The molecule has 0 spiro atoms. The summed E-state index contributed by atoms with van der Waals surface area (Å²) in [6.45, 7) is 10.0. The minimum Gasteiger partial charge on any atom is -0.455 e. The Morgan fingerprint density at radius 2 is 2.09 bits per heavy atom. The molecule has 2 atom stereocenters. The molecule has 224 valence electrons. The lowest BCUT2D eigenvalue weighted by Crippen LogP contribution is -2.55. The molecule has 11 nitrogen and oxygen atoms in total. The first-order chi connectivity index (χ1) is 20.9. The van der Waals surface area contributed by atoms with Crippen LogP contribution in [-0.2, 0) is 17.8 Å². The van der Waals surface area contributed by atoms with Crippen LogP contribution in [0, 0.1) is 18.3 Å². The van der Waals surface area contributed by atoms with Gasteiger partial charge in [-0.25, -0.2) is 0 Å². The third kappa shape index (κ3) is 4.87. The van der Waals surface area contributed by atoms with Gasteiger partial charge in [0.1, 0.15) is 11.4 Å². The second-order valence-electron chi connectivity index (χ2n) is 12.5. The summed E-state index contributed by atoms with van der Waals surface area (Å²) in [5.41, 5.74) is 5.27. The number of likely N-dealkylation sites (N-methyl/N-ethyl adjacent to an activating group) is 1. The summed E-state index contributed by atoms with van der Waals surface area (Å²) in [6, 6.07) is 7.07. The van der Waals surface area contributed by atoms with Crippen molar-refractivity contribution in [1.82, 2.24) is 30.0 Å². The summed E-state index contributed by atoms with van der Waals surface area (Å²) >= 11 is 0. The number of anilines is 2. The van der Waals surface area contributed by atoms with E-state index in [1.165, 1.54) is 23.7 Å². The van der Waals surface area contributed by atoms with Gasteiger partial charge in [0.15, 0.2) is 0 Å². The van der Waals surface area contributed by atoms with Gasteiger partial charge in [-0.15, -0.1) is 0 Å². The van der Waals surface area contributed by atoms with Gasteiger partial charge in [0.2, 0.25) is 5.91 Å². The van der Waals surface area contributed by atoms with Crippen molar-refractivity contribution in [2.75, 3.05) is 49.6 Å². The number of rotatable bonds is 7. The summed E-state index contributed by atoms with van der Waals surface area (Å²) < 4.78 is 6.78. The molecule has 43 heavy (non-hydrogen) atoms. The molecule has 1 aliphatic carbocycles. The highest BCUT2D eigenvalue weighted by atomic mass is 16.5. The van der Waals surface area contributed by atoms with Crippen molar-refractivity contribution in [3.8, 4) is 12.1 Å². The molecule has 5 heterocycles. The number of nitriles is 1. The van der Waals surface area contributed by atoms with Gasteiger partial charge in [-0.1, -0.05) is 12.6 Å². The van der Waals surface area contributed by atoms with Crippen molar-refractivity contribution in [1.29, 1.82) is 5.26 Å². The standard InChI is InChI=1S/C32H39N9O2/c1-4-28(42)41-17-16-40(19-22(41)9-13-33)30-23-10-15-39(29-21(2)7-8-25-24(29)18-34-37-25)20-26(23)35-31(36-30)43-32(11-12-32)27-6-5-14-38(27)3/h4,7-8,18,22,27H,1,5-6,9-12,14-17,19-20H2,2-3H3,(H,34,37)/t22-,27-/m0/s1. The minimum atomic E-state index is -0.234. The van der Waals surface area contributed by atoms with E-state index >= 15 is 0 Å². The SMILES string of the molecule is C=CC(=O)N1CCN(c2nc(OC3([C@@H]4CCCN4C)CC3)nc3c2CCN(c2c(C)ccc4[nH]ncc24)C3)C[C@@H]1CC#N. The predicted molar refractivity (Wildman–Crippen MR) is 164 cm³/mol. The average molecular weight is 582 g/mol. The van der Waals surface area contributed by atoms with E-state index in [-0.39, 0.29) is 24.0 Å². The van der Waals surface area contributed by atoms with Crippen LogP contribution in [0.15, 0.2) is 31.0 Å². The molecule has 3 aromatic rings. The number of nitrogens with one attached hydrogen (secondary N) is 1. The Labute approximate surface area is 252 Å². The van der Waals surface area contributed by atoms with Gasteiger partial charge in [0.25, 0.3) is 0 Å². The number of nitrogens with zero attached hydrogens (tertiary/aromatic N) is 8. The zero-order valence-corrected chi connectivity index (χ0v) is 25.1. The lowest BCUT2D eigenvalue weighted by molar-refractivity contribution is -0.128. The zero-order chi connectivity index (χ0) is 29.7. The van der Waals surface area contributed by atoms with Crippen LogP contribution in [0.1, 0.15) is 48.9 Å². The highest BCUT2D eigenvalue weighted by Crippen LogP contribution is 2.48. The van der Waals surface area contributed by atoms with Crippen molar-refractivity contribution >= 4 is 28.3 Å². The number of likely N-dealkylation sites (tertiary alicyclic amines) is 1. The molecule has 7 rings (SSSR count). The number of hydrogen-bond acceptors (Lipinski definition) is 9. The third-order valence-corrected chi connectivity index (χ3v) is 9.87. The van der Waals surface area contributed by atoms with Gasteiger partial charge in [0.05, 0.1) is 48.2 Å². The van der Waals surface area contributed by atoms with Gasteiger partial charge in [-0.3, -0.25) is 14.8 Å². The average Bonchev–Trinajstić information content (AvgIpc) is 3.39. The monoisotopic (exact) mass is 581 g/mol. The quantitative estimate of drug-likeness (QED) is 0.419. The highest BCUT2D eigenvalue weighted by Gasteiger charge is 2.55. The van der Waals surface area contributed by atoms with Gasteiger partial charge in [-0.2, -0.15) is 20.3 Å². The van der Waals surface area contributed by atoms with Gasteiger partial charge in [0, 0.05) is 43.2 Å². The number of aryl methyl sites for hydroxylation is 1. The molecule has 3 aliphatic heterocycles. The van der Waals surface area contributed by atoms with Gasteiger partial charge in [-0.05, 0) is 70.3 Å². The van der Waals surface area contributed by atoms with Gasteiger partial charge >= 0.3 is 6.01 Å². The van der Waals surface area contributed by atoms with Crippen LogP contribution >= 0.6 is 0 Å². The lowest BCUT2D eigenvalue weighted by atomic mass is 10.0. The maximum absolute atomic E-state index is 12.6. The van der Waals surface area contributed by atoms with Crippen LogP contribution in [0.5, 0.6) is 6.01 Å². The number of aromatic amines is 1. The number of benzene rings is 1. The Balaban J connectivity index is 1.25. The van der Waals surface area contributed by atoms with Crippen molar-refractivity contribution in [2.45, 2.75) is 69.7 Å². The first-order valence-electron chi connectivity index (χ1n) is 15.4. The van der Waals surface area contributed by atoms with Gasteiger partial charge < -0.3 is 19.4 Å². The number of H-pyrrole nitrogens is 1. The number of carbonyl (C=O) groups excluding carboxylic acids is 1. The van der Waals surface area contributed by atoms with Crippen LogP contribution < -0.4 is 14.5 Å². The topological polar surface area (TPSA) is 118 Å². The number of piperazine rings is 1. The molecular formula is C32H39N9O2. The first kappa shape index (κ1) is 27.7. The molecule has 1 saturated carbocycles. The number of ether oxygens (including phenoxy) is 1. The fourth-order valence-corrected chi connectivity index (χ4v) is 7.54. The summed E-state index contributed by atoms with van der Waals surface area (Å²) in [4.78, 5) is 31.6. The Morgan fingerprint density at radius 3 is 2.84 bits per heavy atom. The van der Waals surface area contributed by atoms with Crippen molar-refractivity contribution in [3.05, 3.63) is 47.8 Å². The van der Waals surface area contributed by atoms with Crippen molar-refractivity contribution < 1.29 is 9.53 Å². The van der Waals surface area contributed by atoms with Crippen LogP contribution in [0.4, 0.5) is 11.5 Å². The van der Waals surface area contributed by atoms with E-state index in [1.54, 1.807) is 4.90 Å². The van der Waals surface area contributed by atoms with E-state index in [9.17, 15) is 10.1 Å². The summed E-state index contributed by atoms with van der Waals surface area (Å²) in [6.07, 6.45) is 8.62. The Kier molecular flexibility index (Phi) is 6.96. The van der Waals surface area contributed by atoms with E-state index < -0.39 is 0 Å². The molecule has 2 aromatic heterocycles. The van der Waals surface area contributed by atoms with Crippen molar-refractivity contribution in [2.24, 2.45) is 0 Å². The Hall–Kier alpha value is -4.17. The highest BCUT2D eigenvalue weighted by molar-refractivity contribution is 5.93. The Bertz CT molecular complexity index is 1610. The molecule has 0 bridgehead atoms. The van der Waals surface area contributed by atoms with E-state index in [0.29, 0.717) is 38.2 Å². The van der Waals surface area contributed by atoms with E-state index in [4.69, 9.17) is 14.7 Å². The fourth-order valence-electron chi connectivity index (χ4n) is 7.54. The summed E-state index contributed by atoms with van der Waals surface area (Å²) in [7, 11) is 2.19. The van der Waals surface area contributed by atoms with Crippen LogP contribution in [-0.4, -0.2) is 93.3 Å². The van der Waals surface area contributed by atoms with Crippen LogP contribution in [0.25, 0.3) is 10.9 Å². The second-order valence-corrected chi connectivity index (χ2v) is 12.5. The summed E-state index contributed by atoms with van der Waals surface area (Å²) in [5, 5.41) is 18.1. The summed E-state index contributed by atoms with van der Waals surface area (Å²) in [5.74, 6) is 0.742. The molecule has 1 aromatic carbocycles. The van der Waals surface area contributed by atoms with Crippen molar-refractivity contribution in [3.63, 3.8) is 0 Å². The van der Waals surface area contributed by atoms with E-state index in [1.807, 2.05) is 6.20 Å². The molecule has 0 radical (unpaired) electrons. The first-order valence-corrected chi connectivity index (χ1v) is 15.4. The second kappa shape index (κ2) is 10.8. The fraction of sp³-hybridized carbons (Fsp3) is 0.531. The largest absolute Gasteiger partial charge is 0.455 e. The predicted octanol–water partition coefficient (Wildman–Crippen LogP) is 3.35. The molecule has 2 saturated heterocycles. The van der Waals surface area contributed by atoms with E-state index in [2.05, 4.69) is 63.6 Å². The molecule has 3 fully saturated rings.